The lowest BCUT2D eigenvalue weighted by Gasteiger charge is -2.16. The van der Waals surface area contributed by atoms with Gasteiger partial charge in [0.2, 0.25) is 0 Å². The number of nitrogens with zero attached hydrogens (tertiary/aromatic N) is 2. The first-order valence-electron chi connectivity index (χ1n) is 4.32. The fraction of sp³-hybridized carbons (Fsp3) is 0.875. The third kappa shape index (κ3) is 1.88. The largest absolute Gasteiger partial charge is 0.383 e. The molecule has 2 amide bonds. The van der Waals surface area contributed by atoms with Gasteiger partial charge in [0, 0.05) is 33.3 Å². The second kappa shape index (κ2) is 4.30. The molecule has 1 rings (SSSR count). The minimum atomic E-state index is 0.148. The van der Waals surface area contributed by atoms with Gasteiger partial charge in [0.25, 0.3) is 0 Å². The molecule has 1 saturated heterocycles. The number of amides is 2. The summed E-state index contributed by atoms with van der Waals surface area (Å²) in [7, 11) is 1.65. The molecule has 1 aliphatic heterocycles. The zero-order valence-electron chi connectivity index (χ0n) is 7.75. The van der Waals surface area contributed by atoms with Gasteiger partial charge >= 0.3 is 6.03 Å². The van der Waals surface area contributed by atoms with Gasteiger partial charge in [-0.15, -0.1) is 0 Å². The minimum Gasteiger partial charge on any atom is -0.383 e. The van der Waals surface area contributed by atoms with Gasteiger partial charge in [0.05, 0.1) is 6.61 Å². The Labute approximate surface area is 73.1 Å². The van der Waals surface area contributed by atoms with Crippen molar-refractivity contribution in [1.82, 2.24) is 9.80 Å². The van der Waals surface area contributed by atoms with E-state index in [0.717, 1.165) is 19.6 Å². The number of carbonyl (C=O) groups is 1. The van der Waals surface area contributed by atoms with Crippen LogP contribution in [0.1, 0.15) is 6.92 Å². The molecule has 0 aromatic rings. The van der Waals surface area contributed by atoms with Gasteiger partial charge in [-0.3, -0.25) is 0 Å². The zero-order chi connectivity index (χ0) is 8.97. The van der Waals surface area contributed by atoms with Crippen LogP contribution in [-0.4, -0.2) is 55.7 Å². The Hall–Kier alpha value is -0.770. The number of rotatable bonds is 4. The van der Waals surface area contributed by atoms with Crippen molar-refractivity contribution >= 4 is 6.03 Å². The Morgan fingerprint density at radius 3 is 2.58 bits per heavy atom. The highest BCUT2D eigenvalue weighted by Crippen LogP contribution is 2.06. The lowest BCUT2D eigenvalue weighted by atomic mass is 10.5. The third-order valence-electron chi connectivity index (χ3n) is 2.13. The average Bonchev–Trinajstić information content (AvgIpc) is 2.43. The lowest BCUT2D eigenvalue weighted by molar-refractivity contribution is 0.155. The van der Waals surface area contributed by atoms with E-state index >= 15 is 0 Å². The Morgan fingerprint density at radius 2 is 2.08 bits per heavy atom. The Bertz CT molecular complexity index is 161. The lowest BCUT2D eigenvalue weighted by Crippen LogP contribution is -2.33. The molecular formula is C8H16N2O2. The summed E-state index contributed by atoms with van der Waals surface area (Å²) < 4.78 is 4.91. The number of hydrogen-bond acceptors (Lipinski definition) is 2. The van der Waals surface area contributed by atoms with Crippen LogP contribution in [0.3, 0.4) is 0 Å². The summed E-state index contributed by atoms with van der Waals surface area (Å²) in [4.78, 5) is 15.1. The Kier molecular flexibility index (Phi) is 3.34. The standard InChI is InChI=1S/C8H16N2O2/c1-3-9-4-5-10(8(9)11)6-7-12-2/h3-7H2,1-2H3. The predicted molar refractivity (Wildman–Crippen MR) is 46.1 cm³/mol. The quantitative estimate of drug-likeness (QED) is 0.614. The number of methoxy groups -OCH3 is 1. The maximum atomic E-state index is 11.4. The summed E-state index contributed by atoms with van der Waals surface area (Å²) in [6.45, 7) is 5.85. The zero-order valence-corrected chi connectivity index (χ0v) is 7.75. The van der Waals surface area contributed by atoms with Gasteiger partial charge in [-0.25, -0.2) is 4.79 Å². The maximum absolute atomic E-state index is 11.4. The minimum absolute atomic E-state index is 0.148. The van der Waals surface area contributed by atoms with Crippen LogP contribution in [0.5, 0.6) is 0 Å². The highest BCUT2D eigenvalue weighted by molar-refractivity contribution is 5.76. The van der Waals surface area contributed by atoms with E-state index in [4.69, 9.17) is 4.74 Å². The van der Waals surface area contributed by atoms with Crippen molar-refractivity contribution in [3.05, 3.63) is 0 Å². The SMILES string of the molecule is CCN1CCN(CCOC)C1=O. The van der Waals surface area contributed by atoms with Crippen molar-refractivity contribution < 1.29 is 9.53 Å². The monoisotopic (exact) mass is 172 g/mol. The van der Waals surface area contributed by atoms with Gasteiger partial charge in [0.1, 0.15) is 0 Å². The van der Waals surface area contributed by atoms with Crippen molar-refractivity contribution in [2.75, 3.05) is 39.9 Å². The van der Waals surface area contributed by atoms with Gasteiger partial charge in [-0.1, -0.05) is 0 Å². The van der Waals surface area contributed by atoms with E-state index in [9.17, 15) is 4.79 Å². The van der Waals surface area contributed by atoms with E-state index in [0.29, 0.717) is 13.2 Å². The van der Waals surface area contributed by atoms with Crippen LogP contribution in [-0.2, 0) is 4.74 Å². The van der Waals surface area contributed by atoms with Gasteiger partial charge in [-0.05, 0) is 6.92 Å². The third-order valence-corrected chi connectivity index (χ3v) is 2.13. The molecule has 0 aromatic heterocycles. The molecule has 0 spiro atoms. The van der Waals surface area contributed by atoms with Crippen molar-refractivity contribution in [2.45, 2.75) is 6.92 Å². The van der Waals surface area contributed by atoms with Crippen LogP contribution in [0.4, 0.5) is 4.79 Å². The maximum Gasteiger partial charge on any atom is 0.320 e. The fourth-order valence-electron chi connectivity index (χ4n) is 1.34. The van der Waals surface area contributed by atoms with Crippen molar-refractivity contribution in [3.8, 4) is 0 Å². The van der Waals surface area contributed by atoms with Crippen LogP contribution in [0.15, 0.2) is 0 Å². The van der Waals surface area contributed by atoms with Crippen molar-refractivity contribution in [2.24, 2.45) is 0 Å². The van der Waals surface area contributed by atoms with E-state index in [-0.39, 0.29) is 6.03 Å². The first kappa shape index (κ1) is 9.32. The van der Waals surface area contributed by atoms with E-state index in [1.54, 1.807) is 7.11 Å². The summed E-state index contributed by atoms with van der Waals surface area (Å²) in [6.07, 6.45) is 0. The second-order valence-electron chi connectivity index (χ2n) is 2.84. The van der Waals surface area contributed by atoms with Crippen LogP contribution in [0.2, 0.25) is 0 Å². The highest BCUT2D eigenvalue weighted by Gasteiger charge is 2.25. The molecule has 0 aromatic carbocycles. The number of urea groups is 1. The molecular weight excluding hydrogens is 156 g/mol. The number of ether oxygens (including phenoxy) is 1. The van der Waals surface area contributed by atoms with Gasteiger partial charge < -0.3 is 14.5 Å². The van der Waals surface area contributed by atoms with Crippen molar-refractivity contribution in [1.29, 1.82) is 0 Å². The summed E-state index contributed by atoms with van der Waals surface area (Å²) in [6, 6.07) is 0.148. The van der Waals surface area contributed by atoms with Crippen LogP contribution < -0.4 is 0 Å². The van der Waals surface area contributed by atoms with Crippen LogP contribution in [0.25, 0.3) is 0 Å². The molecule has 0 bridgehead atoms. The molecule has 70 valence electrons. The molecule has 12 heavy (non-hydrogen) atoms. The summed E-state index contributed by atoms with van der Waals surface area (Å²) in [5.41, 5.74) is 0. The molecule has 0 aliphatic carbocycles. The smallest absolute Gasteiger partial charge is 0.320 e. The highest BCUT2D eigenvalue weighted by atomic mass is 16.5. The topological polar surface area (TPSA) is 32.8 Å². The number of likely N-dealkylation sites (N-methyl/N-ethyl adjacent to an activating group) is 1. The van der Waals surface area contributed by atoms with Gasteiger partial charge in [0.15, 0.2) is 0 Å². The molecule has 1 heterocycles. The number of hydrogen-bond donors (Lipinski definition) is 0. The van der Waals surface area contributed by atoms with E-state index in [1.165, 1.54) is 0 Å². The summed E-state index contributed by atoms with van der Waals surface area (Å²) in [5, 5.41) is 0. The average molecular weight is 172 g/mol. The normalized spacial score (nSPS) is 17.7. The molecule has 0 N–H and O–H groups in total. The molecule has 0 atom stereocenters. The Balaban J connectivity index is 2.33. The van der Waals surface area contributed by atoms with Gasteiger partial charge in [-0.2, -0.15) is 0 Å². The number of carbonyl (C=O) groups excluding carboxylic acids is 1. The van der Waals surface area contributed by atoms with E-state index < -0.39 is 0 Å². The molecule has 0 saturated carbocycles. The molecule has 4 nitrogen and oxygen atoms in total. The summed E-state index contributed by atoms with van der Waals surface area (Å²) >= 11 is 0. The molecule has 0 unspecified atom stereocenters. The fourth-order valence-corrected chi connectivity index (χ4v) is 1.34. The predicted octanol–water partition coefficient (Wildman–Crippen LogP) is 0.390. The van der Waals surface area contributed by atoms with Crippen molar-refractivity contribution in [3.63, 3.8) is 0 Å². The molecule has 1 fully saturated rings. The van der Waals surface area contributed by atoms with E-state index in [1.807, 2.05) is 16.7 Å². The molecule has 4 heteroatoms. The Morgan fingerprint density at radius 1 is 1.42 bits per heavy atom. The van der Waals surface area contributed by atoms with Crippen LogP contribution >= 0.6 is 0 Å². The van der Waals surface area contributed by atoms with E-state index in [2.05, 4.69) is 0 Å². The first-order chi connectivity index (χ1) is 5.79. The molecule has 0 radical (unpaired) electrons. The second-order valence-corrected chi connectivity index (χ2v) is 2.84. The molecule has 1 aliphatic rings. The van der Waals surface area contributed by atoms with Crippen LogP contribution in [0, 0.1) is 0 Å². The first-order valence-corrected chi connectivity index (χ1v) is 4.32. The summed E-state index contributed by atoms with van der Waals surface area (Å²) in [5.74, 6) is 0.